The van der Waals surface area contributed by atoms with Crippen molar-refractivity contribution in [2.75, 3.05) is 26.9 Å². The van der Waals surface area contributed by atoms with E-state index in [2.05, 4.69) is 10.3 Å². The number of nitrogens with one attached hydrogen (secondary N) is 2. The minimum absolute atomic E-state index is 0.0814. The van der Waals surface area contributed by atoms with Crippen molar-refractivity contribution in [3.8, 4) is 16.9 Å². The first-order valence-electron chi connectivity index (χ1n) is 9.36. The van der Waals surface area contributed by atoms with Crippen molar-refractivity contribution in [3.63, 3.8) is 0 Å². The number of hydrogen-bond donors (Lipinski definition) is 2. The smallest absolute Gasteiger partial charge is 0.340 e. The Bertz CT molecular complexity index is 945. The van der Waals surface area contributed by atoms with Gasteiger partial charge >= 0.3 is 11.9 Å². The zero-order valence-corrected chi connectivity index (χ0v) is 17.3. The predicted octanol–water partition coefficient (Wildman–Crippen LogP) is 2.04. The summed E-state index contributed by atoms with van der Waals surface area (Å²) < 4.78 is 15.0. The Morgan fingerprint density at radius 2 is 1.63 bits per heavy atom. The lowest BCUT2D eigenvalue weighted by molar-refractivity contribution is -0.143. The van der Waals surface area contributed by atoms with Gasteiger partial charge < -0.3 is 24.5 Å². The molecule has 9 nitrogen and oxygen atoms in total. The van der Waals surface area contributed by atoms with Gasteiger partial charge in [0, 0.05) is 11.3 Å². The van der Waals surface area contributed by atoms with E-state index in [1.807, 2.05) is 0 Å². The molecule has 0 aliphatic carbocycles. The summed E-state index contributed by atoms with van der Waals surface area (Å²) in [4.78, 5) is 51.9. The van der Waals surface area contributed by atoms with Crippen molar-refractivity contribution >= 4 is 23.6 Å². The molecule has 0 saturated carbocycles. The molecule has 0 saturated heterocycles. The molecule has 0 bridgehead atoms. The van der Waals surface area contributed by atoms with Gasteiger partial charge in [-0.15, -0.1) is 0 Å². The van der Waals surface area contributed by atoms with E-state index in [1.165, 1.54) is 7.11 Å². The van der Waals surface area contributed by atoms with Crippen LogP contribution in [0.3, 0.4) is 0 Å². The molecule has 1 aromatic carbocycles. The number of hydrogen-bond acceptors (Lipinski definition) is 7. The van der Waals surface area contributed by atoms with Crippen LogP contribution in [-0.2, 0) is 19.1 Å². The summed E-state index contributed by atoms with van der Waals surface area (Å²) in [6.07, 6.45) is 0. The summed E-state index contributed by atoms with van der Waals surface area (Å²) in [6.45, 7) is 4.76. The third-order valence-corrected chi connectivity index (χ3v) is 4.18. The minimum atomic E-state index is -1.01. The molecular weight excluding hydrogens is 392 g/mol. The third-order valence-electron chi connectivity index (χ3n) is 4.18. The topological polar surface area (TPSA) is 124 Å². The molecule has 30 heavy (non-hydrogen) atoms. The van der Waals surface area contributed by atoms with E-state index in [4.69, 9.17) is 14.2 Å². The number of aromatic amines is 1. The first-order chi connectivity index (χ1) is 14.3. The van der Waals surface area contributed by atoms with Crippen molar-refractivity contribution < 1.29 is 33.4 Å². The molecule has 0 unspecified atom stereocenters. The van der Waals surface area contributed by atoms with Gasteiger partial charge in [0.15, 0.2) is 0 Å². The molecule has 1 amide bonds. The molecular formula is C21H24N2O7. The van der Waals surface area contributed by atoms with Crippen molar-refractivity contribution in [2.24, 2.45) is 0 Å². The lowest BCUT2D eigenvalue weighted by Crippen LogP contribution is -2.36. The zero-order valence-electron chi connectivity index (χ0n) is 17.3. The molecule has 0 radical (unpaired) electrons. The van der Waals surface area contributed by atoms with Crippen LogP contribution in [0.5, 0.6) is 5.75 Å². The Morgan fingerprint density at radius 1 is 1.00 bits per heavy atom. The van der Waals surface area contributed by atoms with Gasteiger partial charge in [-0.05, 0) is 38.5 Å². The van der Waals surface area contributed by atoms with E-state index in [0.29, 0.717) is 17.0 Å². The van der Waals surface area contributed by atoms with Gasteiger partial charge in [0.05, 0.1) is 25.9 Å². The number of H-pyrrole nitrogens is 1. The number of aryl methyl sites for hydroxylation is 1. The molecule has 0 atom stereocenters. The van der Waals surface area contributed by atoms with Crippen molar-refractivity contribution in [2.45, 2.75) is 20.8 Å². The standard InChI is InChI=1S/C21H24N2O7/c1-5-29-15(24)11-22-20(26)19(25)18-17(13-7-9-14(28-4)10-8-13)16(12(3)23-18)21(27)30-6-2/h7-10,23H,5-6,11H2,1-4H3,(H,22,26). The monoisotopic (exact) mass is 416 g/mol. The number of carbonyl (C=O) groups excluding carboxylic acids is 4. The highest BCUT2D eigenvalue weighted by atomic mass is 16.5. The van der Waals surface area contributed by atoms with Gasteiger partial charge in [0.1, 0.15) is 18.0 Å². The van der Waals surface area contributed by atoms with Gasteiger partial charge in [-0.1, -0.05) is 12.1 Å². The highest BCUT2D eigenvalue weighted by Gasteiger charge is 2.30. The highest BCUT2D eigenvalue weighted by molar-refractivity contribution is 6.44. The second-order valence-corrected chi connectivity index (χ2v) is 6.14. The van der Waals surface area contributed by atoms with Crippen molar-refractivity contribution in [1.29, 1.82) is 0 Å². The summed E-state index contributed by atoms with van der Waals surface area (Å²) >= 11 is 0. The number of benzene rings is 1. The maximum Gasteiger partial charge on any atom is 0.340 e. The number of carbonyl (C=O) groups is 4. The molecule has 1 aromatic heterocycles. The second-order valence-electron chi connectivity index (χ2n) is 6.14. The Hall–Kier alpha value is -3.62. The summed E-state index contributed by atoms with van der Waals surface area (Å²) in [5.74, 6) is -2.63. The number of amides is 1. The highest BCUT2D eigenvalue weighted by Crippen LogP contribution is 2.32. The number of ketones is 1. The fourth-order valence-electron chi connectivity index (χ4n) is 2.86. The van der Waals surface area contributed by atoms with Crippen LogP contribution >= 0.6 is 0 Å². The summed E-state index contributed by atoms with van der Waals surface area (Å²) in [6, 6.07) is 6.66. The molecule has 1 heterocycles. The van der Waals surface area contributed by atoms with E-state index in [1.54, 1.807) is 45.0 Å². The normalized spacial score (nSPS) is 10.3. The van der Waals surface area contributed by atoms with Crippen molar-refractivity contribution in [1.82, 2.24) is 10.3 Å². The van der Waals surface area contributed by atoms with E-state index >= 15 is 0 Å². The molecule has 0 spiro atoms. The second kappa shape index (κ2) is 10.2. The zero-order chi connectivity index (χ0) is 22.3. The fourth-order valence-corrected chi connectivity index (χ4v) is 2.86. The summed E-state index contributed by atoms with van der Waals surface area (Å²) in [7, 11) is 1.52. The van der Waals surface area contributed by atoms with Crippen LogP contribution < -0.4 is 10.1 Å². The maximum atomic E-state index is 12.8. The van der Waals surface area contributed by atoms with Gasteiger partial charge in [0.2, 0.25) is 0 Å². The average Bonchev–Trinajstić information content (AvgIpc) is 3.09. The first-order valence-corrected chi connectivity index (χ1v) is 9.36. The van der Waals surface area contributed by atoms with Crippen LogP contribution in [0.25, 0.3) is 11.1 Å². The number of ether oxygens (including phenoxy) is 3. The molecule has 2 aromatic rings. The van der Waals surface area contributed by atoms with Gasteiger partial charge in [-0.3, -0.25) is 14.4 Å². The number of rotatable bonds is 9. The Balaban J connectivity index is 2.46. The maximum absolute atomic E-state index is 12.8. The summed E-state index contributed by atoms with van der Waals surface area (Å²) in [5.41, 5.74) is 1.21. The molecule has 2 N–H and O–H groups in total. The third kappa shape index (κ3) is 5.05. The average molecular weight is 416 g/mol. The molecule has 9 heteroatoms. The van der Waals surface area contributed by atoms with Crippen LogP contribution in [0.2, 0.25) is 0 Å². The Labute approximate surface area is 173 Å². The number of aromatic nitrogens is 1. The summed E-state index contributed by atoms with van der Waals surface area (Å²) in [5, 5.41) is 2.23. The Morgan fingerprint density at radius 3 is 2.20 bits per heavy atom. The number of esters is 2. The van der Waals surface area contributed by atoms with E-state index in [9.17, 15) is 19.2 Å². The van der Waals surface area contributed by atoms with E-state index < -0.39 is 30.2 Å². The van der Waals surface area contributed by atoms with Crippen LogP contribution in [0.1, 0.15) is 40.4 Å². The van der Waals surface area contributed by atoms with Crippen molar-refractivity contribution in [3.05, 3.63) is 41.2 Å². The Kier molecular flexibility index (Phi) is 7.74. The van der Waals surface area contributed by atoms with Crippen LogP contribution in [0.4, 0.5) is 0 Å². The van der Waals surface area contributed by atoms with E-state index in [0.717, 1.165) is 0 Å². The quantitative estimate of drug-likeness (QED) is 0.364. The molecule has 2 rings (SSSR count). The SMILES string of the molecule is CCOC(=O)CNC(=O)C(=O)c1[nH]c(C)c(C(=O)OCC)c1-c1ccc(OC)cc1. The first kappa shape index (κ1) is 22.7. The van der Waals surface area contributed by atoms with E-state index in [-0.39, 0.29) is 30.0 Å². The lowest BCUT2D eigenvalue weighted by atomic mass is 9.98. The fraction of sp³-hybridized carbons (Fsp3) is 0.333. The lowest BCUT2D eigenvalue weighted by Gasteiger charge is -2.09. The van der Waals surface area contributed by atoms with Gasteiger partial charge in [-0.2, -0.15) is 0 Å². The minimum Gasteiger partial charge on any atom is -0.497 e. The molecule has 160 valence electrons. The number of methoxy groups -OCH3 is 1. The number of Topliss-reactive ketones (excluding diaryl/α,β-unsaturated/α-hetero) is 1. The van der Waals surface area contributed by atoms with Crippen LogP contribution in [-0.4, -0.2) is 55.5 Å². The van der Waals surface area contributed by atoms with Crippen LogP contribution in [0, 0.1) is 6.92 Å². The van der Waals surface area contributed by atoms with Gasteiger partial charge in [0.25, 0.3) is 11.7 Å². The molecule has 0 aliphatic rings. The molecule has 0 fully saturated rings. The largest absolute Gasteiger partial charge is 0.497 e. The molecule has 0 aliphatic heterocycles. The van der Waals surface area contributed by atoms with Crippen LogP contribution in [0.15, 0.2) is 24.3 Å². The predicted molar refractivity (Wildman–Crippen MR) is 107 cm³/mol. The van der Waals surface area contributed by atoms with Gasteiger partial charge in [-0.25, -0.2) is 4.79 Å².